The van der Waals surface area contributed by atoms with E-state index in [-0.39, 0.29) is 0 Å². The molecule has 10 rings (SSSR count). The van der Waals surface area contributed by atoms with Gasteiger partial charge in [-0.25, -0.2) is 0 Å². The Morgan fingerprint density at radius 2 is 0.788 bits per heavy atom. The zero-order valence-electron chi connectivity index (χ0n) is 28.5. The van der Waals surface area contributed by atoms with Crippen LogP contribution in [0.4, 0.5) is 17.1 Å². The highest BCUT2D eigenvalue weighted by atomic mass is 15.1. The fourth-order valence-electron chi connectivity index (χ4n) is 8.06. The molecular weight excluding hydrogens is 629 g/mol. The second-order valence-electron chi connectivity index (χ2n) is 13.3. The van der Waals surface area contributed by atoms with Crippen LogP contribution >= 0.6 is 0 Å². The van der Waals surface area contributed by atoms with E-state index in [0.29, 0.717) is 0 Å². The third kappa shape index (κ3) is 4.88. The van der Waals surface area contributed by atoms with E-state index in [0.717, 1.165) is 17.1 Å². The molecule has 0 aliphatic heterocycles. The van der Waals surface area contributed by atoms with Gasteiger partial charge in [-0.05, 0) is 81.6 Å². The van der Waals surface area contributed by atoms with E-state index in [2.05, 4.69) is 216 Å². The Labute approximate surface area is 303 Å². The first-order valence-electron chi connectivity index (χ1n) is 17.9. The Hall–Kier alpha value is -6.90. The Morgan fingerprint density at radius 1 is 0.308 bits per heavy atom. The molecule has 0 bridgehead atoms. The number of para-hydroxylation sites is 3. The number of hydrogen-bond acceptors (Lipinski definition) is 1. The summed E-state index contributed by atoms with van der Waals surface area (Å²) in [7, 11) is 0. The van der Waals surface area contributed by atoms with E-state index < -0.39 is 0 Å². The lowest BCUT2D eigenvalue weighted by Gasteiger charge is -2.29. The van der Waals surface area contributed by atoms with Crippen LogP contribution in [0.3, 0.4) is 0 Å². The first-order chi connectivity index (χ1) is 25.8. The van der Waals surface area contributed by atoms with Crippen molar-refractivity contribution in [3.05, 3.63) is 206 Å². The van der Waals surface area contributed by atoms with Crippen molar-refractivity contribution >= 4 is 60.4 Å². The third-order valence-corrected chi connectivity index (χ3v) is 10.4. The first kappa shape index (κ1) is 30.0. The van der Waals surface area contributed by atoms with Crippen molar-refractivity contribution in [1.82, 2.24) is 4.57 Å². The maximum absolute atomic E-state index is 2.46. The molecule has 0 atom stereocenters. The zero-order valence-corrected chi connectivity index (χ0v) is 28.5. The second-order valence-corrected chi connectivity index (χ2v) is 13.3. The van der Waals surface area contributed by atoms with Gasteiger partial charge in [-0.1, -0.05) is 158 Å². The number of benzene rings is 9. The highest BCUT2D eigenvalue weighted by molar-refractivity contribution is 6.22. The van der Waals surface area contributed by atoms with Crippen LogP contribution in [0, 0.1) is 0 Å². The number of rotatable bonds is 6. The molecule has 244 valence electrons. The summed E-state index contributed by atoms with van der Waals surface area (Å²) in [6.07, 6.45) is 0. The molecule has 0 amide bonds. The van der Waals surface area contributed by atoms with Gasteiger partial charge in [0.05, 0.1) is 16.7 Å². The number of aromatic nitrogens is 1. The summed E-state index contributed by atoms with van der Waals surface area (Å²) < 4.78 is 2.38. The lowest BCUT2D eigenvalue weighted by Crippen LogP contribution is -2.11. The van der Waals surface area contributed by atoms with Gasteiger partial charge in [0.25, 0.3) is 0 Å². The van der Waals surface area contributed by atoms with Crippen LogP contribution in [0.1, 0.15) is 0 Å². The molecule has 0 saturated carbocycles. The summed E-state index contributed by atoms with van der Waals surface area (Å²) in [5, 5.41) is 7.33. The van der Waals surface area contributed by atoms with Crippen LogP contribution < -0.4 is 4.90 Å². The predicted molar refractivity (Wildman–Crippen MR) is 221 cm³/mol. The molecule has 10 aromatic rings. The second kappa shape index (κ2) is 12.5. The van der Waals surface area contributed by atoms with Crippen LogP contribution in [0.2, 0.25) is 0 Å². The SMILES string of the molecule is c1ccc(-c2ccc(-c3c4ccccc4c(N(c4ccccc4)c4ccc5c(c4)c4ccccc4n5-c4ccccc4)c4ccccc34)cc2)cc1. The van der Waals surface area contributed by atoms with E-state index in [1.54, 1.807) is 0 Å². The van der Waals surface area contributed by atoms with E-state index >= 15 is 0 Å². The largest absolute Gasteiger partial charge is 0.309 e. The van der Waals surface area contributed by atoms with Gasteiger partial charge < -0.3 is 9.47 Å². The summed E-state index contributed by atoms with van der Waals surface area (Å²) in [6.45, 7) is 0. The Balaban J connectivity index is 1.24. The van der Waals surface area contributed by atoms with Gasteiger partial charge in [0.2, 0.25) is 0 Å². The lowest BCUT2D eigenvalue weighted by atomic mass is 9.89. The standard InChI is InChI=1S/C50H34N2/c1-4-16-35(17-5-1)36-28-30-37(31-29-36)49-42-23-10-12-25-44(42)50(45-26-13-11-24-43(45)49)51(38-18-6-2-7-19-38)40-32-33-48-46(34-40)41-22-14-15-27-47(41)52(48)39-20-8-3-9-21-39/h1-34H. The van der Waals surface area contributed by atoms with Gasteiger partial charge in [0.15, 0.2) is 0 Å². The smallest absolute Gasteiger partial charge is 0.0618 e. The fourth-order valence-corrected chi connectivity index (χ4v) is 8.06. The average Bonchev–Trinajstić information content (AvgIpc) is 3.56. The summed E-state index contributed by atoms with van der Waals surface area (Å²) in [4.78, 5) is 2.46. The molecule has 0 spiro atoms. The van der Waals surface area contributed by atoms with E-state index in [4.69, 9.17) is 0 Å². The number of anilines is 3. The van der Waals surface area contributed by atoms with E-state index in [1.165, 1.54) is 71.3 Å². The molecule has 0 fully saturated rings. The predicted octanol–water partition coefficient (Wildman–Crippen LogP) is 13.9. The topological polar surface area (TPSA) is 8.17 Å². The van der Waals surface area contributed by atoms with Crippen LogP contribution in [0.5, 0.6) is 0 Å². The molecular formula is C50H34N2. The molecule has 0 radical (unpaired) electrons. The van der Waals surface area contributed by atoms with E-state index in [9.17, 15) is 0 Å². The van der Waals surface area contributed by atoms with E-state index in [1.807, 2.05) is 0 Å². The molecule has 1 heterocycles. The molecule has 0 N–H and O–H groups in total. The molecule has 2 nitrogen and oxygen atoms in total. The minimum absolute atomic E-state index is 1.11. The number of nitrogens with zero attached hydrogens (tertiary/aromatic N) is 2. The van der Waals surface area contributed by atoms with Crippen molar-refractivity contribution in [2.45, 2.75) is 0 Å². The van der Waals surface area contributed by atoms with Gasteiger partial charge in [-0.15, -0.1) is 0 Å². The van der Waals surface area contributed by atoms with Crippen molar-refractivity contribution in [3.8, 4) is 27.9 Å². The first-order valence-corrected chi connectivity index (χ1v) is 17.9. The molecule has 2 heteroatoms. The fraction of sp³-hybridized carbons (Fsp3) is 0. The number of hydrogen-bond donors (Lipinski definition) is 0. The summed E-state index contributed by atoms with van der Waals surface area (Å²) in [6, 6.07) is 74.6. The van der Waals surface area contributed by atoms with Gasteiger partial charge in [0.1, 0.15) is 0 Å². The highest BCUT2D eigenvalue weighted by Gasteiger charge is 2.23. The average molecular weight is 663 g/mol. The number of fused-ring (bicyclic) bond motifs is 5. The van der Waals surface area contributed by atoms with Gasteiger partial charge in [0, 0.05) is 38.6 Å². The summed E-state index contributed by atoms with van der Waals surface area (Å²) >= 11 is 0. The van der Waals surface area contributed by atoms with Crippen molar-refractivity contribution in [2.75, 3.05) is 4.90 Å². The van der Waals surface area contributed by atoms with Gasteiger partial charge >= 0.3 is 0 Å². The Kier molecular flexibility index (Phi) is 7.18. The minimum Gasteiger partial charge on any atom is -0.309 e. The molecule has 9 aromatic carbocycles. The molecule has 52 heavy (non-hydrogen) atoms. The quantitative estimate of drug-likeness (QED) is 0.161. The van der Waals surface area contributed by atoms with Crippen LogP contribution in [0.15, 0.2) is 206 Å². The molecule has 0 saturated heterocycles. The Morgan fingerprint density at radius 3 is 1.44 bits per heavy atom. The molecule has 0 unspecified atom stereocenters. The van der Waals surface area contributed by atoms with Crippen LogP contribution in [-0.2, 0) is 0 Å². The summed E-state index contributed by atoms with van der Waals surface area (Å²) in [5.74, 6) is 0. The van der Waals surface area contributed by atoms with Crippen molar-refractivity contribution in [3.63, 3.8) is 0 Å². The Bertz CT molecular complexity index is 2810. The maximum atomic E-state index is 2.46. The maximum Gasteiger partial charge on any atom is 0.0618 e. The monoisotopic (exact) mass is 662 g/mol. The third-order valence-electron chi connectivity index (χ3n) is 10.4. The van der Waals surface area contributed by atoms with Crippen LogP contribution in [0.25, 0.3) is 71.3 Å². The molecule has 0 aliphatic rings. The highest BCUT2D eigenvalue weighted by Crippen LogP contribution is 2.49. The van der Waals surface area contributed by atoms with Gasteiger partial charge in [-0.2, -0.15) is 0 Å². The van der Waals surface area contributed by atoms with Gasteiger partial charge in [-0.3, -0.25) is 0 Å². The molecule has 1 aromatic heterocycles. The summed E-state index contributed by atoms with van der Waals surface area (Å²) in [5.41, 5.74) is 11.9. The van der Waals surface area contributed by atoms with Crippen molar-refractivity contribution in [1.29, 1.82) is 0 Å². The lowest BCUT2D eigenvalue weighted by molar-refractivity contribution is 1.18. The molecule has 0 aliphatic carbocycles. The van der Waals surface area contributed by atoms with Crippen LogP contribution in [-0.4, -0.2) is 4.57 Å². The van der Waals surface area contributed by atoms with Crippen molar-refractivity contribution < 1.29 is 0 Å². The zero-order chi connectivity index (χ0) is 34.4. The minimum atomic E-state index is 1.11. The van der Waals surface area contributed by atoms with Crippen molar-refractivity contribution in [2.24, 2.45) is 0 Å². The normalized spacial score (nSPS) is 11.5.